The van der Waals surface area contributed by atoms with E-state index in [1.54, 1.807) is 4.90 Å². The molecule has 5 nitrogen and oxygen atoms in total. The molecule has 2 amide bonds. The average Bonchev–Trinajstić information content (AvgIpc) is 3.29. The molecule has 0 aliphatic carbocycles. The van der Waals surface area contributed by atoms with Crippen LogP contribution in [0, 0.1) is 0 Å². The van der Waals surface area contributed by atoms with Crippen molar-refractivity contribution in [1.82, 2.24) is 9.47 Å². The molecule has 1 aliphatic rings. The Morgan fingerprint density at radius 1 is 1.08 bits per heavy atom. The Kier molecular flexibility index (Phi) is 4.21. The fourth-order valence-corrected chi connectivity index (χ4v) is 3.72. The lowest BCUT2D eigenvalue weighted by molar-refractivity contribution is -0.121. The van der Waals surface area contributed by atoms with Crippen LogP contribution in [-0.2, 0) is 11.3 Å². The molecule has 1 fully saturated rings. The zero-order valence-electron chi connectivity index (χ0n) is 14.5. The van der Waals surface area contributed by atoms with Gasteiger partial charge in [0.25, 0.3) is 5.91 Å². The molecule has 4 rings (SSSR count). The van der Waals surface area contributed by atoms with Crippen molar-refractivity contribution in [2.45, 2.75) is 25.4 Å². The van der Waals surface area contributed by atoms with Crippen molar-refractivity contribution in [2.24, 2.45) is 5.73 Å². The van der Waals surface area contributed by atoms with Gasteiger partial charge in [0.2, 0.25) is 5.91 Å². The number of hydrogen-bond acceptors (Lipinski definition) is 2. The van der Waals surface area contributed by atoms with Crippen LogP contribution in [0.5, 0.6) is 0 Å². The lowest BCUT2D eigenvalue weighted by Crippen LogP contribution is -2.43. The highest BCUT2D eigenvalue weighted by molar-refractivity contribution is 6.00. The van der Waals surface area contributed by atoms with Crippen LogP contribution in [0.15, 0.2) is 60.8 Å². The van der Waals surface area contributed by atoms with E-state index < -0.39 is 11.9 Å². The van der Waals surface area contributed by atoms with Gasteiger partial charge in [-0.3, -0.25) is 9.59 Å². The predicted molar refractivity (Wildman–Crippen MR) is 101 cm³/mol. The molecule has 26 heavy (non-hydrogen) atoms. The normalized spacial score (nSPS) is 16.9. The molecule has 0 saturated carbocycles. The second kappa shape index (κ2) is 6.67. The number of carbonyl (C=O) groups is 2. The van der Waals surface area contributed by atoms with Gasteiger partial charge in [0.05, 0.1) is 0 Å². The molecule has 0 radical (unpaired) electrons. The SMILES string of the molecule is NC(=O)[C@@H]1CCCN1C(=O)c1ccc2c(ccn2Cc2ccccc2)c1. The average molecular weight is 347 g/mol. The number of amides is 2. The van der Waals surface area contributed by atoms with E-state index in [1.165, 1.54) is 5.56 Å². The highest BCUT2D eigenvalue weighted by Gasteiger charge is 2.33. The topological polar surface area (TPSA) is 68.3 Å². The van der Waals surface area contributed by atoms with E-state index in [0.29, 0.717) is 18.5 Å². The molecule has 1 aliphatic heterocycles. The van der Waals surface area contributed by atoms with Gasteiger partial charge in [-0.1, -0.05) is 30.3 Å². The number of rotatable bonds is 4. The molecule has 0 spiro atoms. The Balaban J connectivity index is 1.60. The molecule has 1 saturated heterocycles. The molecular weight excluding hydrogens is 326 g/mol. The first-order chi connectivity index (χ1) is 12.6. The van der Waals surface area contributed by atoms with Crippen LogP contribution in [0.1, 0.15) is 28.8 Å². The number of fused-ring (bicyclic) bond motifs is 1. The molecule has 2 heterocycles. The highest BCUT2D eigenvalue weighted by Crippen LogP contribution is 2.23. The Hall–Kier alpha value is -3.08. The molecule has 132 valence electrons. The van der Waals surface area contributed by atoms with Crippen molar-refractivity contribution in [2.75, 3.05) is 6.54 Å². The largest absolute Gasteiger partial charge is 0.368 e. The first kappa shape index (κ1) is 16.4. The Morgan fingerprint density at radius 2 is 1.88 bits per heavy atom. The van der Waals surface area contributed by atoms with Gasteiger partial charge in [-0.05, 0) is 42.7 Å². The minimum absolute atomic E-state index is 0.121. The number of aromatic nitrogens is 1. The highest BCUT2D eigenvalue weighted by atomic mass is 16.2. The van der Waals surface area contributed by atoms with Gasteiger partial charge < -0.3 is 15.2 Å². The summed E-state index contributed by atoms with van der Waals surface area (Å²) >= 11 is 0. The van der Waals surface area contributed by atoms with Gasteiger partial charge in [-0.25, -0.2) is 0 Å². The Morgan fingerprint density at radius 3 is 2.65 bits per heavy atom. The number of benzene rings is 2. The van der Waals surface area contributed by atoms with E-state index in [2.05, 4.69) is 16.7 Å². The molecule has 2 N–H and O–H groups in total. The summed E-state index contributed by atoms with van der Waals surface area (Å²) in [6.07, 6.45) is 3.50. The second-order valence-corrected chi connectivity index (χ2v) is 6.76. The van der Waals surface area contributed by atoms with E-state index in [9.17, 15) is 9.59 Å². The van der Waals surface area contributed by atoms with Gasteiger partial charge in [-0.2, -0.15) is 0 Å². The van der Waals surface area contributed by atoms with Crippen LogP contribution in [-0.4, -0.2) is 33.9 Å². The third-order valence-corrected chi connectivity index (χ3v) is 5.06. The second-order valence-electron chi connectivity index (χ2n) is 6.76. The minimum atomic E-state index is -0.485. The fourth-order valence-electron chi connectivity index (χ4n) is 3.72. The number of hydrogen-bond donors (Lipinski definition) is 1. The molecule has 1 atom stereocenters. The maximum Gasteiger partial charge on any atom is 0.254 e. The number of nitrogens with two attached hydrogens (primary N) is 1. The summed E-state index contributed by atoms with van der Waals surface area (Å²) in [6.45, 7) is 1.37. The summed E-state index contributed by atoms with van der Waals surface area (Å²) in [5, 5.41) is 1.02. The minimum Gasteiger partial charge on any atom is -0.368 e. The van der Waals surface area contributed by atoms with E-state index in [-0.39, 0.29) is 5.91 Å². The lowest BCUT2D eigenvalue weighted by atomic mass is 10.1. The van der Waals surface area contributed by atoms with Crippen molar-refractivity contribution in [3.8, 4) is 0 Å². The maximum absolute atomic E-state index is 12.8. The van der Waals surface area contributed by atoms with Crippen LogP contribution in [0.3, 0.4) is 0 Å². The van der Waals surface area contributed by atoms with Crippen molar-refractivity contribution >= 4 is 22.7 Å². The molecule has 0 bridgehead atoms. The van der Waals surface area contributed by atoms with E-state index in [4.69, 9.17) is 5.73 Å². The summed E-state index contributed by atoms with van der Waals surface area (Å²) < 4.78 is 2.17. The summed E-state index contributed by atoms with van der Waals surface area (Å²) in [5.41, 5.74) is 8.35. The molecule has 1 aromatic heterocycles. The van der Waals surface area contributed by atoms with Gasteiger partial charge in [0.1, 0.15) is 6.04 Å². The smallest absolute Gasteiger partial charge is 0.254 e. The van der Waals surface area contributed by atoms with Gasteiger partial charge >= 0.3 is 0 Å². The summed E-state index contributed by atoms with van der Waals surface area (Å²) in [5.74, 6) is -0.546. The lowest BCUT2D eigenvalue weighted by Gasteiger charge is -2.22. The van der Waals surface area contributed by atoms with Crippen molar-refractivity contribution < 1.29 is 9.59 Å². The summed E-state index contributed by atoms with van der Waals surface area (Å²) in [4.78, 5) is 26.0. The van der Waals surface area contributed by atoms with Crippen LogP contribution in [0.4, 0.5) is 0 Å². The van der Waals surface area contributed by atoms with Gasteiger partial charge in [0.15, 0.2) is 0 Å². The van der Waals surface area contributed by atoms with Crippen LogP contribution >= 0.6 is 0 Å². The number of likely N-dealkylation sites (tertiary alicyclic amines) is 1. The summed E-state index contributed by atoms with van der Waals surface area (Å²) in [6, 6.07) is 17.5. The number of carbonyl (C=O) groups excluding carboxylic acids is 2. The van der Waals surface area contributed by atoms with Crippen molar-refractivity contribution in [3.05, 3.63) is 71.9 Å². The molecular formula is C21H21N3O2. The zero-order valence-corrected chi connectivity index (χ0v) is 14.5. The van der Waals surface area contributed by atoms with Gasteiger partial charge in [-0.15, -0.1) is 0 Å². The van der Waals surface area contributed by atoms with Crippen LogP contribution in [0.2, 0.25) is 0 Å². The monoisotopic (exact) mass is 347 g/mol. The third-order valence-electron chi connectivity index (χ3n) is 5.06. The summed E-state index contributed by atoms with van der Waals surface area (Å²) in [7, 11) is 0. The maximum atomic E-state index is 12.8. The first-order valence-corrected chi connectivity index (χ1v) is 8.86. The predicted octanol–water partition coefficient (Wildman–Crippen LogP) is 2.78. The fraction of sp³-hybridized carbons (Fsp3) is 0.238. The number of nitrogens with zero attached hydrogens (tertiary/aromatic N) is 2. The van der Waals surface area contributed by atoms with E-state index >= 15 is 0 Å². The Labute approximate surface area is 152 Å². The van der Waals surface area contributed by atoms with Gasteiger partial charge in [0, 0.05) is 35.8 Å². The standard InChI is InChI=1S/C21H21N3O2/c22-20(25)19-7-4-11-24(19)21(26)17-8-9-18-16(13-17)10-12-23(18)14-15-5-2-1-3-6-15/h1-3,5-6,8-10,12-13,19H,4,7,11,14H2,(H2,22,25)/t19-/m0/s1. The van der Waals surface area contributed by atoms with Crippen LogP contribution < -0.4 is 5.73 Å². The quantitative estimate of drug-likeness (QED) is 0.788. The van der Waals surface area contributed by atoms with Crippen LogP contribution in [0.25, 0.3) is 10.9 Å². The number of primary amides is 1. The van der Waals surface area contributed by atoms with E-state index in [0.717, 1.165) is 23.9 Å². The van der Waals surface area contributed by atoms with E-state index in [1.807, 2.05) is 48.7 Å². The molecule has 5 heteroatoms. The van der Waals surface area contributed by atoms with Crippen molar-refractivity contribution in [1.29, 1.82) is 0 Å². The van der Waals surface area contributed by atoms with Crippen molar-refractivity contribution in [3.63, 3.8) is 0 Å². The molecule has 0 unspecified atom stereocenters. The first-order valence-electron chi connectivity index (χ1n) is 8.86. The molecule has 3 aromatic rings. The third kappa shape index (κ3) is 2.96. The Bertz CT molecular complexity index is 962. The molecule has 2 aromatic carbocycles. The zero-order chi connectivity index (χ0) is 18.1.